The zero-order valence-corrected chi connectivity index (χ0v) is 9.97. The number of carbonyl (C=O) groups excluding carboxylic acids is 1. The highest BCUT2D eigenvalue weighted by Crippen LogP contribution is 2.22. The molecule has 1 aromatic rings. The second-order valence-electron chi connectivity index (χ2n) is 3.70. The van der Waals surface area contributed by atoms with E-state index in [2.05, 4.69) is 4.74 Å². The molecule has 0 amide bonds. The molecule has 0 saturated carbocycles. The molecule has 1 aromatic carbocycles. The van der Waals surface area contributed by atoms with Crippen molar-refractivity contribution in [2.45, 2.75) is 25.7 Å². The predicted octanol–water partition coefficient (Wildman–Crippen LogP) is 0.242. The first-order valence-electron chi connectivity index (χ1n) is 5.52. The van der Waals surface area contributed by atoms with Gasteiger partial charge in [-0.15, -0.1) is 0 Å². The summed E-state index contributed by atoms with van der Waals surface area (Å²) in [5.41, 5.74) is 5.80. The summed E-state index contributed by atoms with van der Waals surface area (Å²) in [5, 5.41) is 19.3. The summed E-state index contributed by atoms with van der Waals surface area (Å²) in [6, 6.07) is 3.89. The van der Waals surface area contributed by atoms with Crippen molar-refractivity contribution in [1.29, 1.82) is 0 Å². The molecule has 0 aromatic heterocycles. The first-order valence-corrected chi connectivity index (χ1v) is 5.52. The molecule has 1 rings (SSSR count). The smallest absolute Gasteiger partial charge is 0.338 e. The number of benzene rings is 1. The van der Waals surface area contributed by atoms with Crippen molar-refractivity contribution in [3.05, 3.63) is 35.1 Å². The molecule has 6 heteroatoms. The van der Waals surface area contributed by atoms with Crippen LogP contribution in [0.3, 0.4) is 0 Å². The maximum atomic E-state index is 13.5. The van der Waals surface area contributed by atoms with Crippen LogP contribution in [0.5, 0.6) is 0 Å². The van der Waals surface area contributed by atoms with Gasteiger partial charge in [-0.05, 0) is 24.6 Å². The highest BCUT2D eigenvalue weighted by atomic mass is 19.1. The molecule has 4 N–H and O–H groups in total. The highest BCUT2D eigenvalue weighted by molar-refractivity contribution is 5.75. The Labute approximate surface area is 104 Å². The van der Waals surface area contributed by atoms with Gasteiger partial charge in [0.2, 0.25) is 0 Å². The van der Waals surface area contributed by atoms with E-state index in [-0.39, 0.29) is 18.7 Å². The highest BCUT2D eigenvalue weighted by Gasteiger charge is 2.29. The molecule has 0 aliphatic rings. The molecule has 2 unspecified atom stereocenters. The molecule has 0 aliphatic heterocycles. The van der Waals surface area contributed by atoms with E-state index in [1.807, 2.05) is 0 Å². The minimum atomic E-state index is -1.83. The van der Waals surface area contributed by atoms with Crippen molar-refractivity contribution in [3.8, 4) is 0 Å². The van der Waals surface area contributed by atoms with E-state index in [0.717, 1.165) is 6.07 Å². The van der Waals surface area contributed by atoms with E-state index < -0.39 is 24.0 Å². The first-order chi connectivity index (χ1) is 8.51. The van der Waals surface area contributed by atoms with Crippen molar-refractivity contribution in [3.63, 3.8) is 0 Å². The summed E-state index contributed by atoms with van der Waals surface area (Å²) in [5.74, 6) is -1.72. The molecular weight excluding hydrogens is 241 g/mol. The lowest BCUT2D eigenvalue weighted by molar-refractivity contribution is -0.159. The second-order valence-corrected chi connectivity index (χ2v) is 3.70. The summed E-state index contributed by atoms with van der Waals surface area (Å²) in [6.07, 6.45) is -3.51. The Morgan fingerprint density at radius 1 is 1.50 bits per heavy atom. The number of ether oxygens (including phenoxy) is 1. The van der Waals surface area contributed by atoms with Crippen LogP contribution in [0.2, 0.25) is 0 Å². The molecular formula is C12H16FNO4. The van der Waals surface area contributed by atoms with E-state index >= 15 is 0 Å². The van der Waals surface area contributed by atoms with Gasteiger partial charge in [0.25, 0.3) is 0 Å². The Bertz CT molecular complexity index is 425. The zero-order valence-electron chi connectivity index (χ0n) is 9.97. The fraction of sp³-hybridized carbons (Fsp3) is 0.417. The van der Waals surface area contributed by atoms with Crippen LogP contribution >= 0.6 is 0 Å². The number of nitrogens with two attached hydrogens (primary N) is 1. The fourth-order valence-corrected chi connectivity index (χ4v) is 1.47. The number of rotatable bonds is 5. The van der Waals surface area contributed by atoms with E-state index in [9.17, 15) is 19.4 Å². The number of hydrogen-bond donors (Lipinski definition) is 3. The fourth-order valence-electron chi connectivity index (χ4n) is 1.47. The summed E-state index contributed by atoms with van der Waals surface area (Å²) >= 11 is 0. The molecule has 0 bridgehead atoms. The molecule has 0 heterocycles. The van der Waals surface area contributed by atoms with E-state index in [1.54, 1.807) is 6.92 Å². The Morgan fingerprint density at radius 3 is 2.72 bits per heavy atom. The summed E-state index contributed by atoms with van der Waals surface area (Å²) in [7, 11) is 0. The van der Waals surface area contributed by atoms with Crippen LogP contribution in [0.15, 0.2) is 18.2 Å². The minimum absolute atomic E-state index is 0.0634. The molecule has 2 atom stereocenters. The Hall–Kier alpha value is -1.50. The maximum absolute atomic E-state index is 13.5. The van der Waals surface area contributed by atoms with Gasteiger partial charge < -0.3 is 20.7 Å². The molecule has 0 fully saturated rings. The number of halogens is 1. The van der Waals surface area contributed by atoms with Gasteiger partial charge in [-0.1, -0.05) is 6.07 Å². The molecule has 0 radical (unpaired) electrons. The Kier molecular flexibility index (Phi) is 5.21. The topological polar surface area (TPSA) is 92.8 Å². The lowest BCUT2D eigenvalue weighted by atomic mass is 10.0. The van der Waals surface area contributed by atoms with Crippen LogP contribution < -0.4 is 5.73 Å². The normalized spacial score (nSPS) is 14.1. The molecule has 0 saturated heterocycles. The number of aliphatic hydroxyl groups excluding tert-OH is 2. The standard InChI is InChI=1S/C12H16FNO4/c1-2-18-12(17)11(16)10(15)8-5-7(6-14)3-4-9(8)13/h3-5,10-11,15-16H,2,6,14H2,1H3. The second kappa shape index (κ2) is 6.44. The van der Waals surface area contributed by atoms with Gasteiger partial charge in [-0.25, -0.2) is 9.18 Å². The monoisotopic (exact) mass is 257 g/mol. The zero-order chi connectivity index (χ0) is 13.7. The number of hydrogen-bond acceptors (Lipinski definition) is 5. The predicted molar refractivity (Wildman–Crippen MR) is 61.9 cm³/mol. The SMILES string of the molecule is CCOC(=O)C(O)C(O)c1cc(CN)ccc1F. The van der Waals surface area contributed by atoms with Crippen molar-refractivity contribution in [1.82, 2.24) is 0 Å². The van der Waals surface area contributed by atoms with Crippen molar-refractivity contribution in [2.24, 2.45) is 5.73 Å². The third kappa shape index (κ3) is 3.25. The quantitative estimate of drug-likeness (QED) is 0.657. The van der Waals surface area contributed by atoms with Crippen molar-refractivity contribution in [2.75, 3.05) is 6.61 Å². The van der Waals surface area contributed by atoms with Crippen LogP contribution in [-0.2, 0) is 16.1 Å². The number of esters is 1. The van der Waals surface area contributed by atoms with Gasteiger partial charge in [0.1, 0.15) is 11.9 Å². The van der Waals surface area contributed by atoms with Gasteiger partial charge in [-0.3, -0.25) is 0 Å². The summed E-state index contributed by atoms with van der Waals surface area (Å²) < 4.78 is 18.0. The van der Waals surface area contributed by atoms with Gasteiger partial charge in [0.15, 0.2) is 6.10 Å². The third-order valence-corrected chi connectivity index (χ3v) is 2.44. The van der Waals surface area contributed by atoms with E-state index in [1.165, 1.54) is 12.1 Å². The summed E-state index contributed by atoms with van der Waals surface area (Å²) in [6.45, 7) is 1.79. The number of aliphatic hydroxyl groups is 2. The van der Waals surface area contributed by atoms with Crippen LogP contribution in [0, 0.1) is 5.82 Å². The molecule has 5 nitrogen and oxygen atoms in total. The van der Waals surface area contributed by atoms with Crippen LogP contribution in [0.25, 0.3) is 0 Å². The Balaban J connectivity index is 2.95. The molecule has 100 valence electrons. The van der Waals surface area contributed by atoms with Gasteiger partial charge in [0.05, 0.1) is 6.61 Å². The molecule has 18 heavy (non-hydrogen) atoms. The van der Waals surface area contributed by atoms with Crippen molar-refractivity contribution >= 4 is 5.97 Å². The largest absolute Gasteiger partial charge is 0.464 e. The maximum Gasteiger partial charge on any atom is 0.338 e. The summed E-state index contributed by atoms with van der Waals surface area (Å²) in [4.78, 5) is 11.2. The molecule has 0 spiro atoms. The van der Waals surface area contributed by atoms with E-state index in [0.29, 0.717) is 5.56 Å². The van der Waals surface area contributed by atoms with Crippen LogP contribution in [0.1, 0.15) is 24.2 Å². The third-order valence-electron chi connectivity index (χ3n) is 2.44. The average Bonchev–Trinajstić information content (AvgIpc) is 2.38. The lowest BCUT2D eigenvalue weighted by Crippen LogP contribution is -2.30. The van der Waals surface area contributed by atoms with Gasteiger partial charge in [0, 0.05) is 12.1 Å². The van der Waals surface area contributed by atoms with Crippen molar-refractivity contribution < 1.29 is 24.1 Å². The van der Waals surface area contributed by atoms with Gasteiger partial charge >= 0.3 is 5.97 Å². The van der Waals surface area contributed by atoms with Crippen LogP contribution in [-0.4, -0.2) is 28.9 Å². The molecule has 0 aliphatic carbocycles. The van der Waals surface area contributed by atoms with Gasteiger partial charge in [-0.2, -0.15) is 0 Å². The Morgan fingerprint density at radius 2 is 2.17 bits per heavy atom. The van der Waals surface area contributed by atoms with Crippen LogP contribution in [0.4, 0.5) is 4.39 Å². The minimum Gasteiger partial charge on any atom is -0.464 e. The lowest BCUT2D eigenvalue weighted by Gasteiger charge is -2.17. The van der Waals surface area contributed by atoms with E-state index in [4.69, 9.17) is 5.73 Å². The first kappa shape index (κ1) is 14.6. The average molecular weight is 257 g/mol. The number of carbonyl (C=O) groups is 1.